The number of aromatic hydroxyl groups is 2. The van der Waals surface area contributed by atoms with Gasteiger partial charge in [0.1, 0.15) is 22.9 Å². The molecule has 0 aliphatic rings. The number of azo groups is 1. The van der Waals surface area contributed by atoms with E-state index >= 15 is 0 Å². The Bertz CT molecular complexity index is 1580. The summed E-state index contributed by atoms with van der Waals surface area (Å²) in [5.41, 5.74) is 0.985. The molecule has 200 valence electrons. The van der Waals surface area contributed by atoms with Crippen LogP contribution in [0.25, 0.3) is 0 Å². The van der Waals surface area contributed by atoms with Crippen LogP contribution in [0.3, 0.4) is 0 Å². The molecule has 0 saturated carbocycles. The quantitative estimate of drug-likeness (QED) is 0.156. The van der Waals surface area contributed by atoms with Gasteiger partial charge in [-0.3, -0.25) is 9.52 Å². The van der Waals surface area contributed by atoms with Gasteiger partial charge in [0.15, 0.2) is 0 Å². The van der Waals surface area contributed by atoms with Crippen molar-refractivity contribution in [1.29, 1.82) is 0 Å². The van der Waals surface area contributed by atoms with Crippen molar-refractivity contribution in [3.63, 3.8) is 0 Å². The van der Waals surface area contributed by atoms with Crippen LogP contribution in [0, 0.1) is 0 Å². The standard InChI is InChI=1S/C18H14N4O5S.C8H9NO2/c23-16-9-6-13(11-15(16)18(24)25)21-20-12-4-7-14(8-5-12)28(26,27)22-17-3-1-2-10-19-17;1-6(10)9-7-2-4-8(11)5-3-7/h1-11,23H,(H,19,22)(H,24,25);2-5,11H,1H3,(H,9,10)/b21-20+;. The van der Waals surface area contributed by atoms with Crippen LogP contribution in [-0.2, 0) is 14.8 Å². The Hall–Kier alpha value is -5.30. The van der Waals surface area contributed by atoms with Crippen molar-refractivity contribution < 1.29 is 33.3 Å². The first-order valence-electron chi connectivity index (χ1n) is 11.1. The largest absolute Gasteiger partial charge is 0.508 e. The van der Waals surface area contributed by atoms with E-state index in [4.69, 9.17) is 10.2 Å². The van der Waals surface area contributed by atoms with E-state index in [-0.39, 0.29) is 39.4 Å². The Kier molecular flexibility index (Phi) is 9.27. The average Bonchev–Trinajstić information content (AvgIpc) is 2.90. The molecule has 39 heavy (non-hydrogen) atoms. The second-order valence-electron chi connectivity index (χ2n) is 7.75. The molecule has 5 N–H and O–H groups in total. The maximum absolute atomic E-state index is 12.3. The van der Waals surface area contributed by atoms with Gasteiger partial charge >= 0.3 is 5.97 Å². The lowest BCUT2D eigenvalue weighted by molar-refractivity contribution is -0.114. The summed E-state index contributed by atoms with van der Waals surface area (Å²) in [7, 11) is -3.79. The first kappa shape index (κ1) is 28.3. The van der Waals surface area contributed by atoms with Gasteiger partial charge in [-0.25, -0.2) is 18.2 Å². The molecule has 13 heteroatoms. The molecule has 1 aromatic heterocycles. The number of aromatic carboxylic acids is 1. The van der Waals surface area contributed by atoms with E-state index in [0.29, 0.717) is 11.4 Å². The smallest absolute Gasteiger partial charge is 0.339 e. The van der Waals surface area contributed by atoms with Gasteiger partial charge in [-0.2, -0.15) is 10.2 Å². The zero-order valence-corrected chi connectivity index (χ0v) is 21.2. The van der Waals surface area contributed by atoms with E-state index in [0.717, 1.165) is 0 Å². The van der Waals surface area contributed by atoms with E-state index in [9.17, 15) is 23.1 Å². The zero-order valence-electron chi connectivity index (χ0n) is 20.4. The summed E-state index contributed by atoms with van der Waals surface area (Å²) in [6.07, 6.45) is 1.47. The normalized spacial score (nSPS) is 10.8. The molecule has 1 amide bonds. The molecule has 0 aliphatic carbocycles. The third-order valence-corrected chi connectivity index (χ3v) is 6.10. The van der Waals surface area contributed by atoms with Gasteiger partial charge in [0.2, 0.25) is 5.91 Å². The average molecular weight is 550 g/mol. The number of anilines is 2. The highest BCUT2D eigenvalue weighted by Crippen LogP contribution is 2.26. The van der Waals surface area contributed by atoms with Gasteiger partial charge in [0, 0.05) is 18.8 Å². The predicted molar refractivity (Wildman–Crippen MR) is 143 cm³/mol. The number of benzene rings is 3. The lowest BCUT2D eigenvalue weighted by atomic mass is 10.2. The summed E-state index contributed by atoms with van der Waals surface area (Å²) < 4.78 is 27.0. The molecule has 4 rings (SSSR count). The summed E-state index contributed by atoms with van der Waals surface area (Å²) >= 11 is 0. The predicted octanol–water partition coefficient (Wildman–Crippen LogP) is 5.05. The van der Waals surface area contributed by atoms with Crippen molar-refractivity contribution in [2.75, 3.05) is 10.0 Å². The maximum Gasteiger partial charge on any atom is 0.339 e. The number of nitrogens with zero attached hydrogens (tertiary/aromatic N) is 3. The van der Waals surface area contributed by atoms with Crippen LogP contribution in [0.2, 0.25) is 0 Å². The van der Waals surface area contributed by atoms with Crippen molar-refractivity contribution in [1.82, 2.24) is 4.98 Å². The summed E-state index contributed by atoms with van der Waals surface area (Å²) in [6.45, 7) is 1.44. The number of carboxylic acids is 1. The molecule has 0 radical (unpaired) electrons. The lowest BCUT2D eigenvalue weighted by Gasteiger charge is -2.07. The molecular weight excluding hydrogens is 526 g/mol. The molecular formula is C26H23N5O7S. The fourth-order valence-electron chi connectivity index (χ4n) is 2.93. The Morgan fingerprint density at radius 3 is 2.08 bits per heavy atom. The van der Waals surface area contributed by atoms with Crippen LogP contribution in [0.15, 0.2) is 106 Å². The second kappa shape index (κ2) is 12.8. The number of hydrogen-bond acceptors (Lipinski definition) is 9. The van der Waals surface area contributed by atoms with Gasteiger partial charge in [-0.05, 0) is 78.9 Å². The van der Waals surface area contributed by atoms with E-state index in [1.165, 1.54) is 73.8 Å². The van der Waals surface area contributed by atoms with Crippen molar-refractivity contribution in [3.8, 4) is 11.5 Å². The Morgan fingerprint density at radius 2 is 1.49 bits per heavy atom. The second-order valence-corrected chi connectivity index (χ2v) is 9.43. The Balaban J connectivity index is 0.000000320. The number of hydrogen-bond donors (Lipinski definition) is 5. The molecule has 12 nitrogen and oxygen atoms in total. The fourth-order valence-corrected chi connectivity index (χ4v) is 3.94. The number of nitrogens with one attached hydrogen (secondary N) is 2. The van der Waals surface area contributed by atoms with Crippen LogP contribution in [0.4, 0.5) is 22.9 Å². The van der Waals surface area contributed by atoms with Gasteiger partial charge in [-0.15, -0.1) is 0 Å². The SMILES string of the molecule is CC(=O)Nc1ccc(O)cc1.O=C(O)c1cc(/N=N/c2ccc(S(=O)(=O)Nc3ccccn3)cc2)ccc1O. The molecule has 4 aromatic rings. The topological polar surface area (TPSA) is 191 Å². The first-order chi connectivity index (χ1) is 18.5. The van der Waals surface area contributed by atoms with Gasteiger partial charge in [0.05, 0.1) is 16.3 Å². The lowest BCUT2D eigenvalue weighted by Crippen LogP contribution is -2.13. The highest BCUT2D eigenvalue weighted by Gasteiger charge is 2.14. The number of aromatic nitrogens is 1. The molecule has 0 spiro atoms. The van der Waals surface area contributed by atoms with E-state index < -0.39 is 16.0 Å². The van der Waals surface area contributed by atoms with Crippen molar-refractivity contribution in [2.24, 2.45) is 10.2 Å². The molecule has 0 saturated heterocycles. The van der Waals surface area contributed by atoms with Crippen LogP contribution in [0.5, 0.6) is 11.5 Å². The van der Waals surface area contributed by atoms with Crippen molar-refractivity contribution in [2.45, 2.75) is 11.8 Å². The number of carbonyl (C=O) groups is 2. The van der Waals surface area contributed by atoms with Gasteiger partial charge in [0.25, 0.3) is 10.0 Å². The molecule has 1 heterocycles. The third kappa shape index (κ3) is 8.65. The van der Waals surface area contributed by atoms with Crippen LogP contribution >= 0.6 is 0 Å². The molecule has 0 aliphatic heterocycles. The highest BCUT2D eigenvalue weighted by molar-refractivity contribution is 7.92. The van der Waals surface area contributed by atoms with Gasteiger partial charge < -0.3 is 20.6 Å². The molecule has 3 aromatic carbocycles. The first-order valence-corrected chi connectivity index (χ1v) is 12.6. The molecule has 0 bridgehead atoms. The monoisotopic (exact) mass is 549 g/mol. The van der Waals surface area contributed by atoms with Crippen LogP contribution < -0.4 is 10.0 Å². The number of rotatable bonds is 7. The van der Waals surface area contributed by atoms with Crippen molar-refractivity contribution >= 4 is 44.8 Å². The van der Waals surface area contributed by atoms with Gasteiger partial charge in [-0.1, -0.05) is 6.07 Å². The molecule has 0 atom stereocenters. The van der Waals surface area contributed by atoms with Crippen LogP contribution in [-0.4, -0.2) is 40.6 Å². The zero-order chi connectivity index (χ0) is 28.4. The third-order valence-electron chi connectivity index (χ3n) is 4.73. The summed E-state index contributed by atoms with van der Waals surface area (Å²) in [5.74, 6) is -1.38. The molecule has 0 unspecified atom stereocenters. The minimum Gasteiger partial charge on any atom is -0.508 e. The number of carbonyl (C=O) groups excluding carboxylic acids is 1. The van der Waals surface area contributed by atoms with Crippen LogP contribution in [0.1, 0.15) is 17.3 Å². The fraction of sp³-hybridized carbons (Fsp3) is 0.0385. The number of pyridine rings is 1. The number of phenols is 2. The maximum atomic E-state index is 12.3. The highest BCUT2D eigenvalue weighted by atomic mass is 32.2. The Morgan fingerprint density at radius 1 is 0.846 bits per heavy atom. The van der Waals surface area contributed by atoms with Crippen molar-refractivity contribution in [3.05, 3.63) is 96.7 Å². The minimum atomic E-state index is -3.79. The summed E-state index contributed by atoms with van der Waals surface area (Å²) in [5, 5.41) is 37.8. The molecule has 0 fully saturated rings. The van der Waals surface area contributed by atoms with E-state index in [1.807, 2.05) is 0 Å². The summed E-state index contributed by atoms with van der Waals surface area (Å²) in [4.78, 5) is 25.5. The minimum absolute atomic E-state index is 0.0231. The Labute approximate surface area is 223 Å². The number of phenolic OH excluding ortho intramolecular Hbond substituents is 1. The number of sulfonamides is 1. The summed E-state index contributed by atoms with van der Waals surface area (Å²) in [6, 6.07) is 20.6. The number of amides is 1. The number of carboxylic acid groups (broad SMARTS) is 1. The van der Waals surface area contributed by atoms with E-state index in [1.54, 1.807) is 24.3 Å². The van der Waals surface area contributed by atoms with E-state index in [2.05, 4.69) is 25.3 Å².